The molecule has 0 spiro atoms. The molecule has 112 valence electrons. The number of benzene rings is 2. The van der Waals surface area contributed by atoms with Gasteiger partial charge < -0.3 is 0 Å². The zero-order valence-electron chi connectivity index (χ0n) is 12.9. The topological polar surface area (TPSA) is 0 Å². The summed E-state index contributed by atoms with van der Waals surface area (Å²) < 4.78 is 26.3. The molecule has 0 saturated heterocycles. The second-order valence-electron chi connectivity index (χ2n) is 6.76. The Hall–Kier alpha value is -1.70. The molecule has 0 N–H and O–H groups in total. The third-order valence-electron chi connectivity index (χ3n) is 3.73. The van der Waals surface area contributed by atoms with E-state index < -0.39 is 0 Å². The van der Waals surface area contributed by atoms with E-state index in [1.165, 1.54) is 24.3 Å². The van der Waals surface area contributed by atoms with Crippen LogP contribution in [-0.2, 0) is 0 Å². The molecule has 0 unspecified atom stereocenters. The quantitative estimate of drug-likeness (QED) is 0.654. The Bertz CT molecular complexity index is 517. The predicted molar refractivity (Wildman–Crippen MR) is 83.3 cm³/mol. The van der Waals surface area contributed by atoms with Crippen molar-refractivity contribution in [2.24, 2.45) is 5.41 Å². The zero-order chi connectivity index (χ0) is 15.5. The lowest BCUT2D eigenvalue weighted by atomic mass is 9.81. The summed E-state index contributed by atoms with van der Waals surface area (Å²) in [6.45, 7) is 6.62. The molecule has 0 atom stereocenters. The third-order valence-corrected chi connectivity index (χ3v) is 3.73. The summed E-state index contributed by atoms with van der Waals surface area (Å²) in [5.74, 6) is -0.287. The molecule has 0 amide bonds. The average molecular weight is 288 g/mol. The Labute approximate surface area is 125 Å². The van der Waals surface area contributed by atoms with Gasteiger partial charge in [-0.15, -0.1) is 0 Å². The first kappa shape index (κ1) is 15.7. The Morgan fingerprint density at radius 2 is 1.14 bits per heavy atom. The second-order valence-corrected chi connectivity index (χ2v) is 6.76. The van der Waals surface area contributed by atoms with Crippen LogP contribution in [0.1, 0.15) is 50.7 Å². The molecule has 2 rings (SSSR count). The zero-order valence-corrected chi connectivity index (χ0v) is 12.9. The van der Waals surface area contributed by atoms with E-state index in [2.05, 4.69) is 20.8 Å². The molecular formula is C19H22F2. The van der Waals surface area contributed by atoms with E-state index in [0.29, 0.717) is 0 Å². The molecule has 2 heteroatoms. The summed E-state index contributed by atoms with van der Waals surface area (Å²) in [4.78, 5) is 0. The van der Waals surface area contributed by atoms with Gasteiger partial charge in [-0.05, 0) is 53.6 Å². The molecule has 21 heavy (non-hydrogen) atoms. The van der Waals surface area contributed by atoms with Gasteiger partial charge in [0.25, 0.3) is 0 Å². The molecule has 0 aliphatic carbocycles. The summed E-state index contributed by atoms with van der Waals surface area (Å²) in [6, 6.07) is 13.3. The molecule has 0 fully saturated rings. The van der Waals surface area contributed by atoms with Crippen molar-refractivity contribution in [2.75, 3.05) is 0 Å². The van der Waals surface area contributed by atoms with Crippen molar-refractivity contribution < 1.29 is 8.78 Å². The van der Waals surface area contributed by atoms with Crippen molar-refractivity contribution in [1.29, 1.82) is 0 Å². The van der Waals surface area contributed by atoms with Crippen molar-refractivity contribution in [3.8, 4) is 0 Å². The van der Waals surface area contributed by atoms with E-state index in [1.807, 2.05) is 24.3 Å². The van der Waals surface area contributed by atoms with Gasteiger partial charge in [0.15, 0.2) is 0 Å². The monoisotopic (exact) mass is 288 g/mol. The van der Waals surface area contributed by atoms with Crippen LogP contribution in [0.5, 0.6) is 0 Å². The lowest BCUT2D eigenvalue weighted by Gasteiger charge is -2.24. The minimum atomic E-state index is -0.229. The number of halogens is 2. The summed E-state index contributed by atoms with van der Waals surface area (Å²) in [5.41, 5.74) is 2.39. The van der Waals surface area contributed by atoms with Crippen LogP contribution in [0.15, 0.2) is 48.5 Å². The van der Waals surface area contributed by atoms with Gasteiger partial charge in [-0.25, -0.2) is 8.78 Å². The Kier molecular flexibility index (Phi) is 4.76. The van der Waals surface area contributed by atoms with Crippen molar-refractivity contribution in [3.63, 3.8) is 0 Å². The maximum atomic E-state index is 13.1. The van der Waals surface area contributed by atoms with Gasteiger partial charge in [0, 0.05) is 5.92 Å². The van der Waals surface area contributed by atoms with Crippen molar-refractivity contribution in [1.82, 2.24) is 0 Å². The number of rotatable bonds is 4. The largest absolute Gasteiger partial charge is 0.207 e. The van der Waals surface area contributed by atoms with Gasteiger partial charge in [-0.3, -0.25) is 0 Å². The van der Waals surface area contributed by atoms with Crippen LogP contribution in [0.3, 0.4) is 0 Å². The first-order chi connectivity index (χ1) is 9.85. The average Bonchev–Trinajstić information content (AvgIpc) is 2.41. The maximum Gasteiger partial charge on any atom is 0.123 e. The van der Waals surface area contributed by atoms with Crippen LogP contribution in [0.4, 0.5) is 8.78 Å². The molecule has 0 aromatic heterocycles. The molecule has 0 aliphatic heterocycles. The molecule has 0 heterocycles. The molecule has 2 aromatic rings. The van der Waals surface area contributed by atoms with Gasteiger partial charge in [-0.1, -0.05) is 45.0 Å². The van der Waals surface area contributed by atoms with Gasteiger partial charge in [0.1, 0.15) is 11.6 Å². The summed E-state index contributed by atoms with van der Waals surface area (Å²) in [6.07, 6.45) is 2.01. The van der Waals surface area contributed by atoms with Crippen molar-refractivity contribution in [3.05, 3.63) is 71.3 Å². The summed E-state index contributed by atoms with van der Waals surface area (Å²) in [7, 11) is 0. The smallest absolute Gasteiger partial charge is 0.123 e. The van der Waals surface area contributed by atoms with E-state index in [1.54, 1.807) is 0 Å². The van der Waals surface area contributed by atoms with Gasteiger partial charge in [-0.2, -0.15) is 0 Å². The van der Waals surface area contributed by atoms with Crippen LogP contribution >= 0.6 is 0 Å². The Morgan fingerprint density at radius 3 is 1.48 bits per heavy atom. The molecular weight excluding hydrogens is 266 g/mol. The van der Waals surface area contributed by atoms with E-state index in [9.17, 15) is 8.78 Å². The molecule has 0 bridgehead atoms. The van der Waals surface area contributed by atoms with Crippen LogP contribution < -0.4 is 0 Å². The summed E-state index contributed by atoms with van der Waals surface area (Å²) >= 11 is 0. The van der Waals surface area contributed by atoms with E-state index in [0.717, 1.165) is 24.0 Å². The second kappa shape index (κ2) is 6.38. The van der Waals surface area contributed by atoms with Crippen LogP contribution in [-0.4, -0.2) is 0 Å². The molecule has 0 radical (unpaired) electrons. The maximum absolute atomic E-state index is 13.1. The number of hydrogen-bond donors (Lipinski definition) is 0. The van der Waals surface area contributed by atoms with Crippen molar-refractivity contribution in [2.45, 2.75) is 39.5 Å². The molecule has 0 aliphatic rings. The Balaban J connectivity index is 2.29. The predicted octanol–water partition coefficient (Wildman–Crippen LogP) is 5.92. The highest BCUT2D eigenvalue weighted by atomic mass is 19.1. The SMILES string of the molecule is CC(C)(C)CCC(c1ccc(F)cc1)c1ccc(F)cc1. The highest BCUT2D eigenvalue weighted by Crippen LogP contribution is 2.33. The minimum Gasteiger partial charge on any atom is -0.207 e. The van der Waals surface area contributed by atoms with Crippen LogP contribution in [0.2, 0.25) is 0 Å². The van der Waals surface area contributed by atoms with E-state index in [-0.39, 0.29) is 23.0 Å². The summed E-state index contributed by atoms with van der Waals surface area (Å²) in [5, 5.41) is 0. The normalized spacial score (nSPS) is 11.9. The third kappa shape index (κ3) is 4.66. The van der Waals surface area contributed by atoms with Gasteiger partial charge >= 0.3 is 0 Å². The number of hydrogen-bond acceptors (Lipinski definition) is 0. The van der Waals surface area contributed by atoms with Gasteiger partial charge in [0.2, 0.25) is 0 Å². The lowest BCUT2D eigenvalue weighted by Crippen LogP contribution is -2.09. The molecule has 2 aromatic carbocycles. The van der Waals surface area contributed by atoms with Gasteiger partial charge in [0.05, 0.1) is 0 Å². The molecule has 0 saturated carbocycles. The fourth-order valence-electron chi connectivity index (χ4n) is 2.49. The fourth-order valence-corrected chi connectivity index (χ4v) is 2.49. The highest BCUT2D eigenvalue weighted by molar-refractivity contribution is 5.32. The van der Waals surface area contributed by atoms with E-state index in [4.69, 9.17) is 0 Å². The van der Waals surface area contributed by atoms with Crippen LogP contribution in [0, 0.1) is 17.0 Å². The first-order valence-electron chi connectivity index (χ1n) is 7.36. The minimum absolute atomic E-state index is 0.172. The highest BCUT2D eigenvalue weighted by Gasteiger charge is 2.18. The Morgan fingerprint density at radius 1 is 0.762 bits per heavy atom. The fraction of sp³-hybridized carbons (Fsp3) is 0.368. The first-order valence-corrected chi connectivity index (χ1v) is 7.36. The lowest BCUT2D eigenvalue weighted by molar-refractivity contribution is 0.356. The molecule has 0 nitrogen and oxygen atoms in total. The van der Waals surface area contributed by atoms with Crippen molar-refractivity contribution >= 4 is 0 Å². The standard InChI is InChI=1S/C19H22F2/c1-19(2,3)13-12-18(14-4-8-16(20)9-5-14)15-6-10-17(21)11-7-15/h4-11,18H,12-13H2,1-3H3. The van der Waals surface area contributed by atoms with E-state index >= 15 is 0 Å². The van der Waals surface area contributed by atoms with Crippen LogP contribution in [0.25, 0.3) is 0 Å².